The molecule has 0 aliphatic heterocycles. The average molecular weight is 446 g/mol. The second-order valence-corrected chi connectivity index (χ2v) is 9.49. The summed E-state index contributed by atoms with van der Waals surface area (Å²) >= 11 is 0. The Balaban J connectivity index is 1.82. The Morgan fingerprint density at radius 3 is 2.06 bits per heavy atom. The molecule has 0 aliphatic carbocycles. The van der Waals surface area contributed by atoms with Gasteiger partial charge in [0.1, 0.15) is 10.6 Å². The highest BCUT2D eigenvalue weighted by Crippen LogP contribution is 2.31. The molecule has 0 spiro atoms. The van der Waals surface area contributed by atoms with Crippen LogP contribution in [0.3, 0.4) is 0 Å². The number of hydrogen-bond acceptors (Lipinski definition) is 3. The summed E-state index contributed by atoms with van der Waals surface area (Å²) < 4.78 is 31.2. The molecule has 0 saturated heterocycles. The predicted octanol–water partition coefficient (Wildman–Crippen LogP) is 5.59. The fourth-order valence-electron chi connectivity index (χ4n) is 3.64. The summed E-state index contributed by atoms with van der Waals surface area (Å²) in [7, 11) is -3.83. The molecule has 4 rings (SSSR count). The smallest absolute Gasteiger partial charge is 0.266 e. The second-order valence-electron chi connectivity index (χ2n) is 7.66. The molecule has 164 valence electrons. The molecule has 1 aromatic heterocycles. The number of anilines is 1. The van der Waals surface area contributed by atoms with Gasteiger partial charge in [0.15, 0.2) is 0 Å². The molecule has 4 aromatic rings. The normalized spacial score (nSPS) is 11.4. The van der Waals surface area contributed by atoms with Crippen molar-refractivity contribution in [1.82, 2.24) is 9.78 Å². The summed E-state index contributed by atoms with van der Waals surface area (Å²) in [5, 5.41) is 4.71. The number of sulfonamides is 1. The van der Waals surface area contributed by atoms with E-state index in [-0.39, 0.29) is 4.90 Å². The van der Waals surface area contributed by atoms with Crippen molar-refractivity contribution >= 4 is 15.7 Å². The molecule has 0 radical (unpaired) electrons. The quantitative estimate of drug-likeness (QED) is 0.337. The summed E-state index contributed by atoms with van der Waals surface area (Å²) in [5.41, 5.74) is 2.97. The summed E-state index contributed by atoms with van der Waals surface area (Å²) in [5.74, 6) is 0. The SMILES string of the molecule is CCCCN(c1ccccc1)S(=O)(=O)c1cn(Cc2ccccc2)nc1-c1ccccc1. The van der Waals surface area contributed by atoms with Crippen LogP contribution in [-0.2, 0) is 16.6 Å². The van der Waals surface area contributed by atoms with Crippen molar-refractivity contribution in [3.05, 3.63) is 103 Å². The van der Waals surface area contributed by atoms with Crippen molar-refractivity contribution in [2.24, 2.45) is 0 Å². The van der Waals surface area contributed by atoms with Crippen LogP contribution in [-0.4, -0.2) is 24.7 Å². The van der Waals surface area contributed by atoms with E-state index in [0.29, 0.717) is 24.5 Å². The van der Waals surface area contributed by atoms with Crippen molar-refractivity contribution < 1.29 is 8.42 Å². The van der Waals surface area contributed by atoms with Gasteiger partial charge in [0.25, 0.3) is 10.0 Å². The maximum atomic E-state index is 14.0. The van der Waals surface area contributed by atoms with Gasteiger partial charge in [-0.1, -0.05) is 92.2 Å². The van der Waals surface area contributed by atoms with Crippen LogP contribution in [0.4, 0.5) is 5.69 Å². The van der Waals surface area contributed by atoms with E-state index in [9.17, 15) is 8.42 Å². The average Bonchev–Trinajstić information content (AvgIpc) is 3.26. The molecule has 6 heteroatoms. The molecule has 3 aromatic carbocycles. The van der Waals surface area contributed by atoms with E-state index in [1.807, 2.05) is 91.0 Å². The molecule has 5 nitrogen and oxygen atoms in total. The third kappa shape index (κ3) is 4.75. The monoisotopic (exact) mass is 445 g/mol. The van der Waals surface area contributed by atoms with E-state index in [1.165, 1.54) is 4.31 Å². The predicted molar refractivity (Wildman–Crippen MR) is 129 cm³/mol. The molecular formula is C26H27N3O2S. The first-order valence-electron chi connectivity index (χ1n) is 10.8. The highest BCUT2D eigenvalue weighted by molar-refractivity contribution is 7.93. The molecule has 1 heterocycles. The number of benzene rings is 3. The van der Waals surface area contributed by atoms with Crippen LogP contribution in [0.15, 0.2) is 102 Å². The Morgan fingerprint density at radius 2 is 1.44 bits per heavy atom. The molecule has 0 amide bonds. The zero-order valence-electron chi connectivity index (χ0n) is 18.1. The minimum atomic E-state index is -3.83. The van der Waals surface area contributed by atoms with Gasteiger partial charge in [-0.05, 0) is 24.1 Å². The topological polar surface area (TPSA) is 55.2 Å². The van der Waals surface area contributed by atoms with Crippen LogP contribution in [0.25, 0.3) is 11.3 Å². The van der Waals surface area contributed by atoms with Gasteiger partial charge in [0.2, 0.25) is 0 Å². The van der Waals surface area contributed by atoms with Gasteiger partial charge in [0.05, 0.1) is 12.2 Å². The lowest BCUT2D eigenvalue weighted by Gasteiger charge is -2.24. The molecule has 0 atom stereocenters. The number of hydrogen-bond donors (Lipinski definition) is 0. The van der Waals surface area contributed by atoms with Gasteiger partial charge < -0.3 is 0 Å². The molecule has 0 aliphatic rings. The van der Waals surface area contributed by atoms with E-state index < -0.39 is 10.0 Å². The number of para-hydroxylation sites is 1. The Labute approximate surface area is 190 Å². The van der Waals surface area contributed by atoms with Crippen LogP contribution in [0.5, 0.6) is 0 Å². The Bertz CT molecular complexity index is 1240. The lowest BCUT2D eigenvalue weighted by Crippen LogP contribution is -2.32. The first-order valence-corrected chi connectivity index (χ1v) is 12.3. The second kappa shape index (κ2) is 9.83. The maximum absolute atomic E-state index is 14.0. The standard InChI is InChI=1S/C26H27N3O2S/c1-2-3-19-29(24-17-11-6-12-18-24)32(30,31)25-21-28(20-22-13-7-4-8-14-22)27-26(25)23-15-9-5-10-16-23/h4-18,21H,2-3,19-20H2,1H3. The lowest BCUT2D eigenvalue weighted by molar-refractivity contribution is 0.588. The van der Waals surface area contributed by atoms with Gasteiger partial charge in [-0.25, -0.2) is 8.42 Å². The van der Waals surface area contributed by atoms with Crippen LogP contribution in [0, 0.1) is 0 Å². The summed E-state index contributed by atoms with van der Waals surface area (Å²) in [6.07, 6.45) is 3.33. The molecule has 0 saturated carbocycles. The molecule has 0 bridgehead atoms. The maximum Gasteiger partial charge on any atom is 0.268 e. The van der Waals surface area contributed by atoms with Gasteiger partial charge in [-0.3, -0.25) is 8.99 Å². The van der Waals surface area contributed by atoms with Gasteiger partial charge in [0, 0.05) is 18.3 Å². The van der Waals surface area contributed by atoms with Crippen LogP contribution < -0.4 is 4.31 Å². The third-order valence-electron chi connectivity index (χ3n) is 5.29. The molecule has 0 unspecified atom stereocenters. The number of nitrogens with zero attached hydrogens (tertiary/aromatic N) is 3. The van der Waals surface area contributed by atoms with Crippen molar-refractivity contribution in [2.75, 3.05) is 10.8 Å². The minimum Gasteiger partial charge on any atom is -0.266 e. The summed E-state index contributed by atoms with van der Waals surface area (Å²) in [6.45, 7) is 2.97. The van der Waals surface area contributed by atoms with E-state index in [4.69, 9.17) is 5.10 Å². The van der Waals surface area contributed by atoms with Crippen molar-refractivity contribution in [2.45, 2.75) is 31.2 Å². The fraction of sp³-hybridized carbons (Fsp3) is 0.192. The number of rotatable bonds is 9. The van der Waals surface area contributed by atoms with Crippen molar-refractivity contribution in [1.29, 1.82) is 0 Å². The molecule has 0 fully saturated rings. The highest BCUT2D eigenvalue weighted by atomic mass is 32.2. The van der Waals surface area contributed by atoms with Gasteiger partial charge in [-0.2, -0.15) is 5.10 Å². The molecular weight excluding hydrogens is 418 g/mol. The van der Waals surface area contributed by atoms with Gasteiger partial charge >= 0.3 is 0 Å². The van der Waals surface area contributed by atoms with E-state index >= 15 is 0 Å². The van der Waals surface area contributed by atoms with Crippen LogP contribution in [0.1, 0.15) is 25.3 Å². The first-order chi connectivity index (χ1) is 15.6. The number of aromatic nitrogens is 2. The van der Waals surface area contributed by atoms with Crippen molar-refractivity contribution in [3.63, 3.8) is 0 Å². The van der Waals surface area contributed by atoms with E-state index in [0.717, 1.165) is 24.0 Å². The fourth-order valence-corrected chi connectivity index (χ4v) is 5.31. The Hall–Kier alpha value is -3.38. The minimum absolute atomic E-state index is 0.222. The summed E-state index contributed by atoms with van der Waals surface area (Å²) in [4.78, 5) is 0.222. The largest absolute Gasteiger partial charge is 0.268 e. The van der Waals surface area contributed by atoms with Crippen LogP contribution >= 0.6 is 0 Å². The zero-order valence-corrected chi connectivity index (χ0v) is 18.9. The third-order valence-corrected chi connectivity index (χ3v) is 7.12. The molecule has 32 heavy (non-hydrogen) atoms. The summed E-state index contributed by atoms with van der Waals surface area (Å²) in [6, 6.07) is 28.7. The zero-order chi connectivity index (χ0) is 22.4. The number of unbranched alkanes of at least 4 members (excludes halogenated alkanes) is 1. The Kier molecular flexibility index (Phi) is 6.71. The Morgan fingerprint density at radius 1 is 0.844 bits per heavy atom. The van der Waals surface area contributed by atoms with E-state index in [1.54, 1.807) is 10.9 Å². The van der Waals surface area contributed by atoms with Gasteiger partial charge in [-0.15, -0.1) is 0 Å². The molecule has 0 N–H and O–H groups in total. The lowest BCUT2D eigenvalue weighted by atomic mass is 10.2. The van der Waals surface area contributed by atoms with Crippen molar-refractivity contribution in [3.8, 4) is 11.3 Å². The highest BCUT2D eigenvalue weighted by Gasteiger charge is 2.30. The van der Waals surface area contributed by atoms with Crippen LogP contribution in [0.2, 0.25) is 0 Å². The van der Waals surface area contributed by atoms with E-state index in [2.05, 4.69) is 6.92 Å². The first kappa shape index (κ1) is 21.8.